The van der Waals surface area contributed by atoms with E-state index in [1.165, 1.54) is 0 Å². The lowest BCUT2D eigenvalue weighted by atomic mass is 9.81. The van der Waals surface area contributed by atoms with Gasteiger partial charge in [-0.15, -0.1) is 0 Å². The summed E-state index contributed by atoms with van der Waals surface area (Å²) < 4.78 is 4.92. The minimum absolute atomic E-state index is 0.0716. The maximum Gasteiger partial charge on any atom is 0.407 e. The van der Waals surface area contributed by atoms with Crippen LogP contribution in [-0.2, 0) is 9.53 Å². The second kappa shape index (κ2) is 8.74. The van der Waals surface area contributed by atoms with Crippen molar-refractivity contribution in [3.8, 4) is 0 Å². The molecule has 0 aliphatic rings. The van der Waals surface area contributed by atoms with E-state index in [1.54, 1.807) is 6.92 Å². The standard InChI is InChI=1S/C16H21N3O3/c1-4-22-16(21)19-15(12-8-6-5-7-9-12)14(11(2)3)13(20)10-18-17/h5-11,14-15H,4H2,1-3H3,(H,19,21)/t14-,15-/m0/s1. The number of nitrogens with one attached hydrogen (secondary N) is 1. The summed E-state index contributed by atoms with van der Waals surface area (Å²) in [6.07, 6.45) is 0.281. The van der Waals surface area contributed by atoms with Gasteiger partial charge in [0.05, 0.1) is 18.6 Å². The molecule has 0 saturated carbocycles. The highest BCUT2D eigenvalue weighted by molar-refractivity contribution is 6.26. The maximum absolute atomic E-state index is 12.2. The summed E-state index contributed by atoms with van der Waals surface area (Å²) >= 11 is 0. The largest absolute Gasteiger partial charge is 0.450 e. The van der Waals surface area contributed by atoms with Crippen LogP contribution in [0.25, 0.3) is 5.53 Å². The summed E-state index contributed by atoms with van der Waals surface area (Å²) in [5.41, 5.74) is 9.41. The Hall–Kier alpha value is -2.46. The van der Waals surface area contributed by atoms with Gasteiger partial charge in [0.25, 0.3) is 0 Å². The molecule has 0 unspecified atom stereocenters. The van der Waals surface area contributed by atoms with Gasteiger partial charge in [-0.05, 0) is 18.4 Å². The molecule has 0 saturated heterocycles. The molecule has 1 aromatic rings. The molecule has 6 heteroatoms. The predicted octanol–water partition coefficient (Wildman–Crippen LogP) is 2.62. The molecule has 1 N–H and O–H groups in total. The fourth-order valence-electron chi connectivity index (χ4n) is 2.36. The van der Waals surface area contributed by atoms with E-state index in [1.807, 2.05) is 44.2 Å². The number of benzene rings is 1. The molecule has 0 heterocycles. The number of amides is 1. The number of nitrogens with zero attached hydrogens (tertiary/aromatic N) is 2. The minimum Gasteiger partial charge on any atom is -0.450 e. The van der Waals surface area contributed by atoms with Crippen molar-refractivity contribution in [2.45, 2.75) is 26.8 Å². The zero-order valence-electron chi connectivity index (χ0n) is 13.0. The molecule has 0 aliphatic heterocycles. The lowest BCUT2D eigenvalue weighted by Gasteiger charge is -2.28. The molecule has 1 rings (SSSR count). The highest BCUT2D eigenvalue weighted by atomic mass is 16.5. The summed E-state index contributed by atoms with van der Waals surface area (Å²) in [6.45, 7) is 5.69. The third kappa shape index (κ3) is 4.82. The predicted molar refractivity (Wildman–Crippen MR) is 82.4 cm³/mol. The first-order chi connectivity index (χ1) is 10.5. The summed E-state index contributed by atoms with van der Waals surface area (Å²) in [6, 6.07) is 8.61. The maximum atomic E-state index is 12.2. The molecule has 0 aromatic heterocycles. The van der Waals surface area contributed by atoms with E-state index in [-0.39, 0.29) is 18.3 Å². The molecule has 2 atom stereocenters. The van der Waals surface area contributed by atoms with Gasteiger partial charge in [0.2, 0.25) is 5.78 Å². The van der Waals surface area contributed by atoms with E-state index in [0.29, 0.717) is 0 Å². The van der Waals surface area contributed by atoms with Crippen molar-refractivity contribution in [2.24, 2.45) is 11.8 Å². The Balaban J connectivity index is 3.18. The van der Waals surface area contributed by atoms with Crippen LogP contribution in [0.2, 0.25) is 0 Å². The van der Waals surface area contributed by atoms with Gasteiger partial charge in [0.1, 0.15) is 0 Å². The number of carbonyl (C=O) groups excluding carboxylic acids is 2. The van der Waals surface area contributed by atoms with Crippen LogP contribution in [0, 0.1) is 11.8 Å². The van der Waals surface area contributed by atoms with Crippen molar-refractivity contribution >= 4 is 18.1 Å². The van der Waals surface area contributed by atoms with Gasteiger partial charge in [-0.1, -0.05) is 44.2 Å². The van der Waals surface area contributed by atoms with Crippen molar-refractivity contribution in [3.05, 3.63) is 41.4 Å². The van der Waals surface area contributed by atoms with Crippen molar-refractivity contribution in [2.75, 3.05) is 6.61 Å². The Kier molecular flexibility index (Phi) is 6.99. The number of carbonyl (C=O) groups is 2. The second-order valence-electron chi connectivity index (χ2n) is 5.17. The topological polar surface area (TPSA) is 91.8 Å². The number of alkyl carbamates (subject to hydrolysis) is 1. The molecule has 1 aromatic carbocycles. The number of rotatable bonds is 7. The average Bonchev–Trinajstić information content (AvgIpc) is 2.47. The van der Waals surface area contributed by atoms with Gasteiger partial charge in [0.15, 0.2) is 0 Å². The Morgan fingerprint density at radius 3 is 2.45 bits per heavy atom. The Morgan fingerprint density at radius 2 is 1.95 bits per heavy atom. The molecule has 0 spiro atoms. The van der Waals surface area contributed by atoms with Gasteiger partial charge in [-0.2, -0.15) is 4.79 Å². The van der Waals surface area contributed by atoms with Gasteiger partial charge in [-0.25, -0.2) is 4.79 Å². The average molecular weight is 303 g/mol. The van der Waals surface area contributed by atoms with Crippen LogP contribution in [0.4, 0.5) is 4.79 Å². The number of hydrogen-bond acceptors (Lipinski definition) is 3. The van der Waals surface area contributed by atoms with Crippen LogP contribution in [0.1, 0.15) is 32.4 Å². The van der Waals surface area contributed by atoms with Gasteiger partial charge in [-0.3, -0.25) is 4.79 Å². The number of Topliss-reactive ketones (excluding diaryl/α,β-unsaturated/α-hetero) is 1. The van der Waals surface area contributed by atoms with Crippen molar-refractivity contribution in [1.29, 1.82) is 0 Å². The smallest absolute Gasteiger partial charge is 0.407 e. The van der Waals surface area contributed by atoms with E-state index in [4.69, 9.17) is 10.3 Å². The molecule has 118 valence electrons. The lowest BCUT2D eigenvalue weighted by molar-refractivity contribution is -0.121. The zero-order valence-corrected chi connectivity index (χ0v) is 13.0. The fraction of sp³-hybridized carbons (Fsp3) is 0.438. The SMILES string of the molecule is CCOC(=O)N[C@@H](c1ccccc1)[C@H](C(=O)C=[N+]=[N-])C(C)C. The first-order valence-corrected chi connectivity index (χ1v) is 7.20. The monoisotopic (exact) mass is 303 g/mol. The molecule has 0 fully saturated rings. The third-order valence-corrected chi connectivity index (χ3v) is 3.30. The Bertz CT molecular complexity index is 551. The van der Waals surface area contributed by atoms with Crippen LogP contribution in [0.5, 0.6) is 0 Å². The highest BCUT2D eigenvalue weighted by Crippen LogP contribution is 2.28. The third-order valence-electron chi connectivity index (χ3n) is 3.30. The Labute approximate surface area is 130 Å². The first-order valence-electron chi connectivity index (χ1n) is 7.20. The summed E-state index contributed by atoms with van der Waals surface area (Å²) in [5.74, 6) is -0.997. The van der Waals surface area contributed by atoms with Crippen molar-refractivity contribution in [1.82, 2.24) is 5.32 Å². The molecule has 0 bridgehead atoms. The van der Waals surface area contributed by atoms with Crippen LogP contribution in [-0.4, -0.2) is 29.5 Å². The zero-order chi connectivity index (χ0) is 16.5. The summed E-state index contributed by atoms with van der Waals surface area (Å²) in [7, 11) is 0. The van der Waals surface area contributed by atoms with E-state index < -0.39 is 18.1 Å². The molecule has 1 amide bonds. The van der Waals surface area contributed by atoms with Crippen LogP contribution in [0.15, 0.2) is 30.3 Å². The first kappa shape index (κ1) is 17.6. The normalized spacial score (nSPS) is 12.9. The second-order valence-corrected chi connectivity index (χ2v) is 5.17. The minimum atomic E-state index is -0.587. The lowest BCUT2D eigenvalue weighted by Crippen LogP contribution is -2.40. The van der Waals surface area contributed by atoms with Crippen LogP contribution in [0.3, 0.4) is 0 Å². The van der Waals surface area contributed by atoms with E-state index in [9.17, 15) is 9.59 Å². The highest BCUT2D eigenvalue weighted by Gasteiger charge is 2.34. The van der Waals surface area contributed by atoms with E-state index in [0.717, 1.165) is 11.8 Å². The van der Waals surface area contributed by atoms with Crippen LogP contribution >= 0.6 is 0 Å². The molecular weight excluding hydrogens is 282 g/mol. The Morgan fingerprint density at radius 1 is 1.32 bits per heavy atom. The van der Waals surface area contributed by atoms with Gasteiger partial charge >= 0.3 is 12.3 Å². The number of ether oxygens (including phenoxy) is 1. The van der Waals surface area contributed by atoms with Crippen molar-refractivity contribution in [3.63, 3.8) is 0 Å². The van der Waals surface area contributed by atoms with Gasteiger partial charge in [0, 0.05) is 0 Å². The fourth-order valence-corrected chi connectivity index (χ4v) is 2.36. The van der Waals surface area contributed by atoms with E-state index in [2.05, 4.69) is 10.1 Å². The number of ketones is 1. The molecule has 0 aliphatic carbocycles. The van der Waals surface area contributed by atoms with Gasteiger partial charge < -0.3 is 15.6 Å². The molecular formula is C16H21N3O3. The van der Waals surface area contributed by atoms with E-state index >= 15 is 0 Å². The summed E-state index contributed by atoms with van der Waals surface area (Å²) in [4.78, 5) is 26.9. The molecule has 22 heavy (non-hydrogen) atoms. The van der Waals surface area contributed by atoms with Crippen molar-refractivity contribution < 1.29 is 19.1 Å². The quantitative estimate of drug-likeness (QED) is 0.477. The summed E-state index contributed by atoms with van der Waals surface area (Å²) in [5, 5.41) is 2.73. The number of hydrogen-bond donors (Lipinski definition) is 1. The molecule has 0 radical (unpaired) electrons. The van der Waals surface area contributed by atoms with Crippen LogP contribution < -0.4 is 5.32 Å². The molecule has 6 nitrogen and oxygen atoms in total.